The molecule has 2 atom stereocenters. The van der Waals surface area contributed by atoms with Crippen molar-refractivity contribution < 1.29 is 47.6 Å². The van der Waals surface area contributed by atoms with E-state index in [1.54, 1.807) is 0 Å². The summed E-state index contributed by atoms with van der Waals surface area (Å²) in [7, 11) is 0. The van der Waals surface area contributed by atoms with Crippen molar-refractivity contribution in [3.8, 4) is 0 Å². The molecule has 0 radical (unpaired) electrons. The second kappa shape index (κ2) is 6.77. The number of rotatable bonds is 6. The molecular formula is C11H12O10. The predicted molar refractivity (Wildman–Crippen MR) is 58.7 cm³/mol. The topological polar surface area (TPSA) is 124 Å². The average molecular weight is 304 g/mol. The van der Waals surface area contributed by atoms with Crippen molar-refractivity contribution in [1.29, 1.82) is 0 Å². The first-order chi connectivity index (χ1) is 10.0. The van der Waals surface area contributed by atoms with Gasteiger partial charge >= 0.3 is 24.2 Å². The zero-order valence-corrected chi connectivity index (χ0v) is 10.8. The van der Waals surface area contributed by atoms with Gasteiger partial charge < -0.3 is 28.4 Å². The lowest BCUT2D eigenvalue weighted by Crippen LogP contribution is -2.22. The van der Waals surface area contributed by atoms with E-state index >= 15 is 0 Å². The van der Waals surface area contributed by atoms with Gasteiger partial charge in [0, 0.05) is 0 Å². The zero-order chi connectivity index (χ0) is 15.2. The van der Waals surface area contributed by atoms with Gasteiger partial charge in [0.2, 0.25) is 6.79 Å². The van der Waals surface area contributed by atoms with E-state index in [0.29, 0.717) is 0 Å². The Morgan fingerprint density at radius 2 is 1.33 bits per heavy atom. The highest BCUT2D eigenvalue weighted by Gasteiger charge is 2.29. The van der Waals surface area contributed by atoms with E-state index in [9.17, 15) is 19.2 Å². The molecule has 0 saturated carbocycles. The molecule has 21 heavy (non-hydrogen) atoms. The van der Waals surface area contributed by atoms with Crippen molar-refractivity contribution in [2.45, 2.75) is 25.0 Å². The first kappa shape index (κ1) is 14.9. The minimum absolute atomic E-state index is 0.0270. The number of carbonyl (C=O) groups is 4. The molecule has 0 amide bonds. The third-order valence-electron chi connectivity index (χ3n) is 2.53. The highest BCUT2D eigenvalue weighted by Crippen LogP contribution is 2.11. The Balaban J connectivity index is 1.56. The van der Waals surface area contributed by atoms with Crippen molar-refractivity contribution >= 4 is 24.2 Å². The molecule has 10 nitrogen and oxygen atoms in total. The summed E-state index contributed by atoms with van der Waals surface area (Å²) in [5.41, 5.74) is 0. The summed E-state index contributed by atoms with van der Waals surface area (Å²) in [5.74, 6) is -1.41. The lowest BCUT2D eigenvalue weighted by molar-refractivity contribution is -0.169. The Hall–Kier alpha value is -2.52. The standard InChI is InChI=1S/C11H12O10/c12-8(1-6-3-16-10(14)20-6)18-5-19-9(13)2-7-4-17-11(15)21-7/h6-7H,1-5H2. The molecule has 2 aliphatic heterocycles. The Labute approximate surface area is 118 Å². The van der Waals surface area contributed by atoms with E-state index in [4.69, 9.17) is 0 Å². The van der Waals surface area contributed by atoms with Gasteiger partial charge in [-0.3, -0.25) is 9.59 Å². The van der Waals surface area contributed by atoms with Crippen LogP contribution >= 0.6 is 0 Å². The monoisotopic (exact) mass is 304 g/mol. The molecule has 0 N–H and O–H groups in total. The molecule has 2 aliphatic rings. The van der Waals surface area contributed by atoms with Crippen LogP contribution in [0.2, 0.25) is 0 Å². The van der Waals surface area contributed by atoms with Crippen LogP contribution in [0.5, 0.6) is 0 Å². The van der Waals surface area contributed by atoms with Gasteiger partial charge in [0.25, 0.3) is 0 Å². The van der Waals surface area contributed by atoms with Crippen LogP contribution in [0.1, 0.15) is 12.8 Å². The maximum absolute atomic E-state index is 11.3. The van der Waals surface area contributed by atoms with Gasteiger partial charge in [0.15, 0.2) is 0 Å². The molecule has 0 aliphatic carbocycles. The van der Waals surface area contributed by atoms with Crippen molar-refractivity contribution in [2.75, 3.05) is 20.0 Å². The summed E-state index contributed by atoms with van der Waals surface area (Å²) in [6.07, 6.45) is -3.47. The number of ether oxygens (including phenoxy) is 6. The predicted octanol–water partition coefficient (Wildman–Crippen LogP) is -0.119. The Bertz CT molecular complexity index is 404. The Kier molecular flexibility index (Phi) is 4.80. The second-order valence-corrected chi connectivity index (χ2v) is 4.16. The Morgan fingerprint density at radius 3 is 1.67 bits per heavy atom. The van der Waals surface area contributed by atoms with Gasteiger partial charge in [0.1, 0.15) is 25.4 Å². The lowest BCUT2D eigenvalue weighted by atomic mass is 10.3. The lowest BCUT2D eigenvalue weighted by Gasteiger charge is -2.09. The molecule has 2 fully saturated rings. The van der Waals surface area contributed by atoms with E-state index in [1.807, 2.05) is 0 Å². The minimum Gasteiger partial charge on any atom is -0.430 e. The fourth-order valence-electron chi connectivity index (χ4n) is 1.58. The SMILES string of the molecule is O=C(CC1COC(=O)O1)OCOC(=O)CC1COC(=O)O1. The highest BCUT2D eigenvalue weighted by molar-refractivity contribution is 5.73. The van der Waals surface area contributed by atoms with Gasteiger partial charge in [-0.25, -0.2) is 9.59 Å². The quantitative estimate of drug-likeness (QED) is 0.372. The number of esters is 2. The van der Waals surface area contributed by atoms with Gasteiger partial charge in [-0.1, -0.05) is 0 Å². The van der Waals surface area contributed by atoms with Crippen LogP contribution in [0.3, 0.4) is 0 Å². The third-order valence-corrected chi connectivity index (χ3v) is 2.53. The number of cyclic esters (lactones) is 4. The highest BCUT2D eigenvalue weighted by atomic mass is 16.8. The van der Waals surface area contributed by atoms with E-state index in [-0.39, 0.29) is 26.1 Å². The molecule has 0 aromatic rings. The van der Waals surface area contributed by atoms with E-state index < -0.39 is 43.3 Å². The molecule has 10 heteroatoms. The maximum Gasteiger partial charge on any atom is 0.508 e. The van der Waals surface area contributed by atoms with Crippen LogP contribution in [0.15, 0.2) is 0 Å². The summed E-state index contributed by atoms with van der Waals surface area (Å²) < 4.78 is 27.5. The Morgan fingerprint density at radius 1 is 0.905 bits per heavy atom. The van der Waals surface area contributed by atoms with Gasteiger partial charge in [-0.2, -0.15) is 0 Å². The van der Waals surface area contributed by atoms with Crippen LogP contribution in [0.4, 0.5) is 9.59 Å². The fraction of sp³-hybridized carbons (Fsp3) is 0.636. The zero-order valence-electron chi connectivity index (χ0n) is 10.8. The van der Waals surface area contributed by atoms with Gasteiger partial charge in [-0.05, 0) is 0 Å². The number of hydrogen-bond donors (Lipinski definition) is 0. The van der Waals surface area contributed by atoms with Crippen molar-refractivity contribution in [3.05, 3.63) is 0 Å². The summed E-state index contributed by atoms with van der Waals surface area (Å²) in [5, 5.41) is 0. The van der Waals surface area contributed by atoms with E-state index in [0.717, 1.165) is 0 Å². The van der Waals surface area contributed by atoms with Gasteiger partial charge in [0.05, 0.1) is 12.8 Å². The second-order valence-electron chi connectivity index (χ2n) is 4.16. The van der Waals surface area contributed by atoms with Crippen molar-refractivity contribution in [3.63, 3.8) is 0 Å². The van der Waals surface area contributed by atoms with E-state index in [2.05, 4.69) is 28.4 Å². The van der Waals surface area contributed by atoms with Crippen molar-refractivity contribution in [1.82, 2.24) is 0 Å². The molecule has 2 rings (SSSR count). The third kappa shape index (κ3) is 4.82. The first-order valence-electron chi connectivity index (χ1n) is 6.01. The molecule has 2 saturated heterocycles. The van der Waals surface area contributed by atoms with Crippen LogP contribution in [0.25, 0.3) is 0 Å². The average Bonchev–Trinajstić information content (AvgIpc) is 2.98. The van der Waals surface area contributed by atoms with Gasteiger partial charge in [-0.15, -0.1) is 0 Å². The largest absolute Gasteiger partial charge is 0.508 e. The number of carbonyl (C=O) groups excluding carboxylic acids is 4. The van der Waals surface area contributed by atoms with Crippen LogP contribution < -0.4 is 0 Å². The molecule has 0 spiro atoms. The normalized spacial score (nSPS) is 23.6. The molecule has 0 bridgehead atoms. The fourth-order valence-corrected chi connectivity index (χ4v) is 1.58. The molecule has 2 unspecified atom stereocenters. The van der Waals surface area contributed by atoms with Crippen LogP contribution in [-0.2, 0) is 38.0 Å². The molecule has 116 valence electrons. The summed E-state index contributed by atoms with van der Waals surface area (Å²) in [4.78, 5) is 43.9. The minimum atomic E-state index is -0.840. The molecule has 2 heterocycles. The maximum atomic E-state index is 11.3. The first-order valence-corrected chi connectivity index (χ1v) is 6.01. The summed E-state index contributed by atoms with van der Waals surface area (Å²) in [6.45, 7) is -0.637. The van der Waals surface area contributed by atoms with Crippen LogP contribution in [0, 0.1) is 0 Å². The van der Waals surface area contributed by atoms with Crippen LogP contribution in [-0.4, -0.2) is 56.5 Å². The molecule has 0 aromatic carbocycles. The molecular weight excluding hydrogens is 292 g/mol. The summed E-state index contributed by atoms with van der Waals surface area (Å²) >= 11 is 0. The molecule has 0 aromatic heterocycles. The smallest absolute Gasteiger partial charge is 0.430 e. The number of hydrogen-bond acceptors (Lipinski definition) is 10. The summed E-state index contributed by atoms with van der Waals surface area (Å²) in [6, 6.07) is 0. The van der Waals surface area contributed by atoms with E-state index in [1.165, 1.54) is 0 Å². The van der Waals surface area contributed by atoms with Crippen molar-refractivity contribution in [2.24, 2.45) is 0 Å².